The number of fused-ring (bicyclic) bond motifs is 1. The van der Waals surface area contributed by atoms with Gasteiger partial charge in [-0.05, 0) is 23.8 Å². The van der Waals surface area contributed by atoms with Gasteiger partial charge in [0.25, 0.3) is 0 Å². The summed E-state index contributed by atoms with van der Waals surface area (Å²) in [5.41, 5.74) is 2.30. The van der Waals surface area contributed by atoms with Gasteiger partial charge in [0.05, 0.1) is 5.69 Å². The zero-order chi connectivity index (χ0) is 14.9. The van der Waals surface area contributed by atoms with Crippen molar-refractivity contribution < 1.29 is 22.6 Å². The standard InChI is InChI=1S/C14H11F3N2O2/c15-14(16,17)21-11-3-1-9(2-4-11)10-7-12-13(19-8-10)20-6-5-18-12/h1-4,7-8,18H,5-6H2. The largest absolute Gasteiger partial charge is 0.573 e. The van der Waals surface area contributed by atoms with Crippen molar-refractivity contribution in [1.82, 2.24) is 4.98 Å². The lowest BCUT2D eigenvalue weighted by Gasteiger charge is -2.18. The molecule has 1 aromatic carbocycles. The third kappa shape index (κ3) is 3.18. The van der Waals surface area contributed by atoms with Crippen LogP contribution in [0.15, 0.2) is 36.5 Å². The summed E-state index contributed by atoms with van der Waals surface area (Å²) in [5, 5.41) is 3.15. The number of benzene rings is 1. The van der Waals surface area contributed by atoms with Crippen molar-refractivity contribution >= 4 is 5.69 Å². The Balaban J connectivity index is 1.84. The van der Waals surface area contributed by atoms with Crippen molar-refractivity contribution in [2.75, 3.05) is 18.5 Å². The average Bonchev–Trinajstić information content (AvgIpc) is 2.46. The van der Waals surface area contributed by atoms with Crippen LogP contribution in [0, 0.1) is 0 Å². The van der Waals surface area contributed by atoms with Crippen molar-refractivity contribution in [2.24, 2.45) is 0 Å². The Labute approximate surface area is 118 Å². The van der Waals surface area contributed by atoms with Crippen LogP contribution in [0.4, 0.5) is 18.9 Å². The molecule has 4 nitrogen and oxygen atoms in total. The lowest BCUT2D eigenvalue weighted by atomic mass is 10.1. The van der Waals surface area contributed by atoms with E-state index in [1.165, 1.54) is 12.1 Å². The Bertz CT molecular complexity index is 642. The number of pyridine rings is 1. The number of alkyl halides is 3. The summed E-state index contributed by atoms with van der Waals surface area (Å²) in [6.07, 6.45) is -3.07. The number of rotatable bonds is 2. The van der Waals surface area contributed by atoms with E-state index in [-0.39, 0.29) is 5.75 Å². The Morgan fingerprint density at radius 1 is 1.14 bits per heavy atom. The summed E-state index contributed by atoms with van der Waals surface area (Å²) in [7, 11) is 0. The molecule has 1 N–H and O–H groups in total. The van der Waals surface area contributed by atoms with Crippen LogP contribution in [-0.2, 0) is 0 Å². The second kappa shape index (κ2) is 5.16. The third-order valence-corrected chi connectivity index (χ3v) is 2.93. The van der Waals surface area contributed by atoms with Gasteiger partial charge in [0.1, 0.15) is 12.4 Å². The van der Waals surface area contributed by atoms with Gasteiger partial charge in [-0.3, -0.25) is 0 Å². The number of aromatic nitrogens is 1. The molecule has 0 unspecified atom stereocenters. The van der Waals surface area contributed by atoms with Crippen molar-refractivity contribution in [3.8, 4) is 22.8 Å². The molecule has 2 aromatic rings. The first kappa shape index (κ1) is 13.5. The van der Waals surface area contributed by atoms with Crippen LogP contribution in [0.5, 0.6) is 11.6 Å². The summed E-state index contributed by atoms with van der Waals surface area (Å²) in [6, 6.07) is 7.49. The van der Waals surface area contributed by atoms with E-state index in [1.807, 2.05) is 6.07 Å². The SMILES string of the molecule is FC(F)(F)Oc1ccc(-c2cnc3c(c2)NCCO3)cc1. The molecule has 0 amide bonds. The molecule has 110 valence electrons. The highest BCUT2D eigenvalue weighted by molar-refractivity contribution is 5.70. The zero-order valence-corrected chi connectivity index (χ0v) is 10.8. The van der Waals surface area contributed by atoms with Gasteiger partial charge in [0.2, 0.25) is 5.88 Å². The molecule has 21 heavy (non-hydrogen) atoms. The van der Waals surface area contributed by atoms with Crippen molar-refractivity contribution in [1.29, 1.82) is 0 Å². The predicted molar refractivity (Wildman–Crippen MR) is 70.3 cm³/mol. The van der Waals surface area contributed by atoms with Gasteiger partial charge in [-0.1, -0.05) is 12.1 Å². The molecule has 3 rings (SSSR count). The summed E-state index contributed by atoms with van der Waals surface area (Å²) in [5.74, 6) is 0.278. The molecule has 1 aliphatic heterocycles. The van der Waals surface area contributed by atoms with Crippen LogP contribution < -0.4 is 14.8 Å². The highest BCUT2D eigenvalue weighted by Crippen LogP contribution is 2.31. The molecule has 0 atom stereocenters. The van der Waals surface area contributed by atoms with E-state index in [0.717, 1.165) is 16.8 Å². The van der Waals surface area contributed by atoms with Gasteiger partial charge >= 0.3 is 6.36 Å². The second-order valence-electron chi connectivity index (χ2n) is 4.42. The quantitative estimate of drug-likeness (QED) is 0.921. The monoisotopic (exact) mass is 296 g/mol. The molecule has 0 saturated carbocycles. The Kier molecular flexibility index (Phi) is 3.32. The van der Waals surface area contributed by atoms with E-state index in [2.05, 4.69) is 15.0 Å². The number of hydrogen-bond acceptors (Lipinski definition) is 4. The third-order valence-electron chi connectivity index (χ3n) is 2.93. The number of anilines is 1. The summed E-state index contributed by atoms with van der Waals surface area (Å²) in [6.45, 7) is 1.25. The highest BCUT2D eigenvalue weighted by Gasteiger charge is 2.30. The number of nitrogens with one attached hydrogen (secondary N) is 1. The molecule has 2 heterocycles. The molecule has 7 heteroatoms. The van der Waals surface area contributed by atoms with Gasteiger partial charge < -0.3 is 14.8 Å². The van der Waals surface area contributed by atoms with E-state index in [9.17, 15) is 13.2 Å². The van der Waals surface area contributed by atoms with Crippen LogP contribution in [0.2, 0.25) is 0 Å². The Hall–Kier alpha value is -2.44. The van der Waals surface area contributed by atoms with Gasteiger partial charge in [0.15, 0.2) is 0 Å². The van der Waals surface area contributed by atoms with E-state index in [1.54, 1.807) is 18.3 Å². The number of nitrogens with zero attached hydrogens (tertiary/aromatic N) is 1. The molecular formula is C14H11F3N2O2. The normalized spacial score (nSPS) is 13.9. The maximum atomic E-state index is 12.1. The molecule has 0 fully saturated rings. The van der Waals surface area contributed by atoms with Gasteiger partial charge in [-0.2, -0.15) is 0 Å². The molecule has 0 radical (unpaired) electrons. The molecule has 1 aromatic heterocycles. The summed E-state index contributed by atoms with van der Waals surface area (Å²) >= 11 is 0. The number of hydrogen-bond donors (Lipinski definition) is 1. The fraction of sp³-hybridized carbons (Fsp3) is 0.214. The lowest BCUT2D eigenvalue weighted by Crippen LogP contribution is -2.18. The van der Waals surface area contributed by atoms with Crippen LogP contribution in [0.3, 0.4) is 0 Å². The average molecular weight is 296 g/mol. The van der Waals surface area contributed by atoms with Crippen molar-refractivity contribution in [2.45, 2.75) is 6.36 Å². The number of ether oxygens (including phenoxy) is 2. The zero-order valence-electron chi connectivity index (χ0n) is 10.8. The first-order valence-corrected chi connectivity index (χ1v) is 6.24. The lowest BCUT2D eigenvalue weighted by molar-refractivity contribution is -0.274. The molecule has 1 aliphatic rings. The van der Waals surface area contributed by atoms with Crippen molar-refractivity contribution in [3.05, 3.63) is 36.5 Å². The van der Waals surface area contributed by atoms with Gasteiger partial charge in [-0.15, -0.1) is 13.2 Å². The Morgan fingerprint density at radius 3 is 2.62 bits per heavy atom. The van der Waals surface area contributed by atoms with Gasteiger partial charge in [0, 0.05) is 18.3 Å². The van der Waals surface area contributed by atoms with Crippen LogP contribution in [-0.4, -0.2) is 24.5 Å². The van der Waals surface area contributed by atoms with Crippen LogP contribution in [0.25, 0.3) is 11.1 Å². The van der Waals surface area contributed by atoms with E-state index in [0.29, 0.717) is 19.0 Å². The maximum absolute atomic E-state index is 12.1. The fourth-order valence-corrected chi connectivity index (χ4v) is 2.03. The van der Waals surface area contributed by atoms with E-state index in [4.69, 9.17) is 4.74 Å². The first-order chi connectivity index (χ1) is 10.0. The maximum Gasteiger partial charge on any atom is 0.573 e. The molecule has 0 saturated heterocycles. The molecule has 0 aliphatic carbocycles. The summed E-state index contributed by atoms with van der Waals surface area (Å²) in [4.78, 5) is 4.18. The summed E-state index contributed by atoms with van der Waals surface area (Å²) < 4.78 is 45.5. The predicted octanol–water partition coefficient (Wildman–Crippen LogP) is 3.45. The van der Waals surface area contributed by atoms with Gasteiger partial charge in [-0.25, -0.2) is 4.98 Å². The van der Waals surface area contributed by atoms with E-state index < -0.39 is 6.36 Å². The highest BCUT2D eigenvalue weighted by atomic mass is 19.4. The van der Waals surface area contributed by atoms with E-state index >= 15 is 0 Å². The number of halogens is 3. The topological polar surface area (TPSA) is 43.4 Å². The van der Waals surface area contributed by atoms with Crippen LogP contribution >= 0.6 is 0 Å². The Morgan fingerprint density at radius 2 is 1.90 bits per heavy atom. The molecule has 0 spiro atoms. The van der Waals surface area contributed by atoms with Crippen LogP contribution in [0.1, 0.15) is 0 Å². The second-order valence-corrected chi connectivity index (χ2v) is 4.42. The molecular weight excluding hydrogens is 285 g/mol. The smallest absolute Gasteiger partial charge is 0.474 e. The van der Waals surface area contributed by atoms with Crippen molar-refractivity contribution in [3.63, 3.8) is 0 Å². The minimum absolute atomic E-state index is 0.251. The fourth-order valence-electron chi connectivity index (χ4n) is 2.03. The minimum Gasteiger partial charge on any atom is -0.474 e. The minimum atomic E-state index is -4.68. The molecule has 0 bridgehead atoms. The first-order valence-electron chi connectivity index (χ1n) is 6.24.